The molecule has 0 bridgehead atoms. The van der Waals surface area contributed by atoms with Crippen LogP contribution in [0, 0.1) is 5.92 Å². The van der Waals surface area contributed by atoms with Crippen molar-refractivity contribution in [3.05, 3.63) is 34.9 Å². The summed E-state index contributed by atoms with van der Waals surface area (Å²) in [5, 5.41) is 4.08. The molecule has 1 fully saturated rings. The number of hydrogen-bond donors (Lipinski definition) is 2. The Balaban J connectivity index is 2.01. The van der Waals surface area contributed by atoms with Crippen LogP contribution in [0.15, 0.2) is 24.3 Å². The number of piperidine rings is 1. The van der Waals surface area contributed by atoms with Crippen LogP contribution >= 0.6 is 11.6 Å². The normalized spacial score (nSPS) is 20.0. The molecule has 0 radical (unpaired) electrons. The Morgan fingerprint density at radius 1 is 1.48 bits per heavy atom. The van der Waals surface area contributed by atoms with E-state index in [0.29, 0.717) is 17.5 Å². The number of nitrogens with two attached hydrogens (primary N) is 1. The van der Waals surface area contributed by atoms with Crippen molar-refractivity contribution in [1.82, 2.24) is 5.32 Å². The summed E-state index contributed by atoms with van der Waals surface area (Å²) in [6.07, 6.45) is 1.38. The van der Waals surface area contributed by atoms with Crippen LogP contribution in [0.4, 0.5) is 4.79 Å². The molecule has 1 aromatic carbocycles. The Kier molecular flexibility index (Phi) is 6.29. The van der Waals surface area contributed by atoms with Crippen LogP contribution < -0.4 is 11.1 Å². The molecule has 1 unspecified atom stereocenters. The molecule has 5 nitrogen and oxygen atoms in total. The number of ether oxygens (including phenoxy) is 2. The summed E-state index contributed by atoms with van der Waals surface area (Å²) in [7, 11) is 0. The van der Waals surface area contributed by atoms with Crippen LogP contribution in [0.1, 0.15) is 24.5 Å². The third-order valence-electron chi connectivity index (χ3n) is 3.57. The van der Waals surface area contributed by atoms with Gasteiger partial charge in [-0.15, -0.1) is 0 Å². The number of amides is 1. The first-order valence-corrected chi connectivity index (χ1v) is 7.54. The number of carbonyl (C=O) groups is 1. The molecule has 0 aliphatic carbocycles. The largest absolute Gasteiger partial charge is 0.447 e. The lowest BCUT2D eigenvalue weighted by molar-refractivity contribution is -0.0156. The highest BCUT2D eigenvalue weighted by Crippen LogP contribution is 2.31. The predicted molar refractivity (Wildman–Crippen MR) is 81.3 cm³/mol. The molecule has 1 amide bonds. The number of rotatable bonds is 6. The molecule has 0 aromatic heterocycles. The second-order valence-electron chi connectivity index (χ2n) is 5.12. The molecule has 0 spiro atoms. The van der Waals surface area contributed by atoms with E-state index in [1.54, 1.807) is 0 Å². The molecule has 21 heavy (non-hydrogen) atoms. The summed E-state index contributed by atoms with van der Waals surface area (Å²) < 4.78 is 10.7. The van der Waals surface area contributed by atoms with E-state index in [4.69, 9.17) is 26.8 Å². The summed E-state index contributed by atoms with van der Waals surface area (Å²) in [5.74, 6) is 0.380. The van der Waals surface area contributed by atoms with Crippen molar-refractivity contribution in [2.45, 2.75) is 18.9 Å². The van der Waals surface area contributed by atoms with Crippen molar-refractivity contribution in [3.8, 4) is 0 Å². The molecule has 0 saturated carbocycles. The predicted octanol–water partition coefficient (Wildman–Crippen LogP) is 2.49. The van der Waals surface area contributed by atoms with Gasteiger partial charge in [0.25, 0.3) is 0 Å². The zero-order valence-electron chi connectivity index (χ0n) is 11.9. The van der Waals surface area contributed by atoms with Crippen molar-refractivity contribution in [3.63, 3.8) is 0 Å². The fourth-order valence-corrected chi connectivity index (χ4v) is 2.84. The quantitative estimate of drug-likeness (QED) is 0.792. The van der Waals surface area contributed by atoms with Crippen LogP contribution in [0.3, 0.4) is 0 Å². The Bertz CT molecular complexity index is 464. The lowest BCUT2D eigenvalue weighted by atomic mass is 9.89. The summed E-state index contributed by atoms with van der Waals surface area (Å²) >= 11 is 6.07. The molecular formula is C15H21ClN2O3. The fraction of sp³-hybridized carbons (Fsp3) is 0.533. The van der Waals surface area contributed by atoms with Gasteiger partial charge in [0, 0.05) is 17.5 Å². The number of hydrogen-bond acceptors (Lipinski definition) is 4. The highest BCUT2D eigenvalue weighted by Gasteiger charge is 2.26. The van der Waals surface area contributed by atoms with E-state index in [2.05, 4.69) is 5.32 Å². The first-order chi connectivity index (χ1) is 10.2. The smallest absolute Gasteiger partial charge is 0.404 e. The molecule has 6 heteroatoms. The van der Waals surface area contributed by atoms with Gasteiger partial charge in [0.05, 0.1) is 12.7 Å². The van der Waals surface area contributed by atoms with E-state index < -0.39 is 6.09 Å². The standard InChI is InChI=1S/C15H21ClN2O3/c16-13-5-1-3-11(9-13)14(12-4-2-6-18-10-12)20-7-8-21-15(17)19/h1,3,5,9,12,14,18H,2,4,6-8,10H2,(H2,17,19)/t12?,14-/m0/s1. The van der Waals surface area contributed by atoms with Gasteiger partial charge in [-0.05, 0) is 37.1 Å². The van der Waals surface area contributed by atoms with Gasteiger partial charge in [0.15, 0.2) is 0 Å². The number of halogens is 1. The van der Waals surface area contributed by atoms with Gasteiger partial charge in [0.2, 0.25) is 0 Å². The summed E-state index contributed by atoms with van der Waals surface area (Å²) in [6.45, 7) is 2.43. The zero-order valence-corrected chi connectivity index (χ0v) is 12.6. The highest BCUT2D eigenvalue weighted by atomic mass is 35.5. The fourth-order valence-electron chi connectivity index (χ4n) is 2.64. The van der Waals surface area contributed by atoms with Gasteiger partial charge in [-0.2, -0.15) is 0 Å². The lowest BCUT2D eigenvalue weighted by Crippen LogP contribution is -2.34. The average Bonchev–Trinajstić information content (AvgIpc) is 2.48. The summed E-state index contributed by atoms with van der Waals surface area (Å²) in [5.41, 5.74) is 5.99. The minimum atomic E-state index is -0.780. The van der Waals surface area contributed by atoms with Gasteiger partial charge in [0.1, 0.15) is 6.61 Å². The van der Waals surface area contributed by atoms with Gasteiger partial charge in [-0.1, -0.05) is 23.7 Å². The van der Waals surface area contributed by atoms with Crippen molar-refractivity contribution in [2.75, 3.05) is 26.3 Å². The van der Waals surface area contributed by atoms with E-state index in [-0.39, 0.29) is 12.7 Å². The van der Waals surface area contributed by atoms with Crippen LogP contribution in [-0.2, 0) is 9.47 Å². The number of benzene rings is 1. The van der Waals surface area contributed by atoms with Crippen LogP contribution in [-0.4, -0.2) is 32.4 Å². The number of primary amides is 1. The minimum Gasteiger partial charge on any atom is -0.447 e. The third kappa shape index (κ3) is 5.19. The molecule has 1 aromatic rings. The second kappa shape index (κ2) is 8.22. The number of nitrogens with one attached hydrogen (secondary N) is 1. The van der Waals surface area contributed by atoms with Crippen molar-refractivity contribution >= 4 is 17.7 Å². The summed E-state index contributed by atoms with van der Waals surface area (Å²) in [4.78, 5) is 10.6. The molecule has 116 valence electrons. The average molecular weight is 313 g/mol. The topological polar surface area (TPSA) is 73.6 Å². The maximum absolute atomic E-state index is 10.6. The lowest BCUT2D eigenvalue weighted by Gasteiger charge is -2.31. The highest BCUT2D eigenvalue weighted by molar-refractivity contribution is 6.30. The van der Waals surface area contributed by atoms with Gasteiger partial charge < -0.3 is 20.5 Å². The summed E-state index contributed by atoms with van der Waals surface area (Å²) in [6, 6.07) is 7.71. The van der Waals surface area contributed by atoms with Crippen molar-refractivity contribution in [1.29, 1.82) is 0 Å². The van der Waals surface area contributed by atoms with Crippen LogP contribution in [0.25, 0.3) is 0 Å². The monoisotopic (exact) mass is 312 g/mol. The third-order valence-corrected chi connectivity index (χ3v) is 3.80. The SMILES string of the molecule is NC(=O)OCCO[C@@H](c1cccc(Cl)c1)C1CCCNC1. The maximum atomic E-state index is 10.6. The Hall–Kier alpha value is -1.30. The van der Waals surface area contributed by atoms with E-state index in [0.717, 1.165) is 31.5 Å². The molecule has 1 aliphatic heterocycles. The maximum Gasteiger partial charge on any atom is 0.404 e. The molecule has 2 atom stereocenters. The number of carbonyl (C=O) groups excluding carboxylic acids is 1. The Morgan fingerprint density at radius 3 is 3.00 bits per heavy atom. The Labute approximate surface area is 129 Å². The van der Waals surface area contributed by atoms with Crippen LogP contribution in [0.5, 0.6) is 0 Å². The van der Waals surface area contributed by atoms with Crippen molar-refractivity contribution < 1.29 is 14.3 Å². The van der Waals surface area contributed by atoms with Crippen molar-refractivity contribution in [2.24, 2.45) is 11.7 Å². The first-order valence-electron chi connectivity index (χ1n) is 7.17. The van der Waals surface area contributed by atoms with E-state index in [1.165, 1.54) is 0 Å². The molecule has 2 rings (SSSR count). The molecule has 1 saturated heterocycles. The minimum absolute atomic E-state index is 0.0621. The van der Waals surface area contributed by atoms with E-state index in [1.807, 2.05) is 24.3 Å². The first kappa shape index (κ1) is 16.1. The van der Waals surface area contributed by atoms with Crippen LogP contribution in [0.2, 0.25) is 5.02 Å². The molecular weight excluding hydrogens is 292 g/mol. The van der Waals surface area contributed by atoms with Gasteiger partial charge in [-0.3, -0.25) is 0 Å². The zero-order chi connectivity index (χ0) is 15.1. The van der Waals surface area contributed by atoms with Gasteiger partial charge >= 0.3 is 6.09 Å². The Morgan fingerprint density at radius 2 is 2.33 bits per heavy atom. The molecule has 3 N–H and O–H groups in total. The molecule has 1 aliphatic rings. The molecule has 1 heterocycles. The van der Waals surface area contributed by atoms with E-state index >= 15 is 0 Å². The second-order valence-corrected chi connectivity index (χ2v) is 5.56. The van der Waals surface area contributed by atoms with Gasteiger partial charge in [-0.25, -0.2) is 4.79 Å². The van der Waals surface area contributed by atoms with E-state index in [9.17, 15) is 4.79 Å².